The maximum Gasteiger partial charge on any atom is 0.269 e. The van der Waals surface area contributed by atoms with Crippen molar-refractivity contribution in [3.63, 3.8) is 0 Å². The highest BCUT2D eigenvalue weighted by Crippen LogP contribution is 2.34. The molecule has 1 amide bonds. The molecular weight excluding hydrogens is 236 g/mol. The molecule has 2 N–H and O–H groups in total. The van der Waals surface area contributed by atoms with Gasteiger partial charge in [-0.05, 0) is 19.1 Å². The number of anilines is 1. The highest BCUT2D eigenvalue weighted by molar-refractivity contribution is 6.06. The first-order valence-corrected chi connectivity index (χ1v) is 5.12. The summed E-state index contributed by atoms with van der Waals surface area (Å²) in [4.78, 5) is 11.7. The Morgan fingerprint density at radius 3 is 2.83 bits per heavy atom. The third-order valence-corrected chi connectivity index (χ3v) is 2.33. The third kappa shape index (κ3) is 2.20. The fourth-order valence-electron chi connectivity index (χ4n) is 1.46. The molecule has 1 aliphatic rings. The zero-order chi connectivity index (χ0) is 13.1. The smallest absolute Gasteiger partial charge is 0.269 e. The number of nitriles is 1. The number of amides is 1. The summed E-state index contributed by atoms with van der Waals surface area (Å²) in [5.74, 6) is 0.130. The molecule has 0 saturated heterocycles. The Morgan fingerprint density at radius 1 is 1.44 bits per heavy atom. The van der Waals surface area contributed by atoms with E-state index in [1.165, 1.54) is 6.92 Å². The largest absolute Gasteiger partial charge is 0.511 e. The molecule has 0 radical (unpaired) electrons. The molecule has 0 saturated carbocycles. The molecule has 0 aliphatic carbocycles. The van der Waals surface area contributed by atoms with Gasteiger partial charge in [-0.15, -0.1) is 0 Å². The van der Waals surface area contributed by atoms with E-state index in [0.717, 1.165) is 0 Å². The minimum absolute atomic E-state index is 0.145. The van der Waals surface area contributed by atoms with Crippen molar-refractivity contribution in [1.82, 2.24) is 0 Å². The first-order valence-electron chi connectivity index (χ1n) is 5.12. The molecule has 1 heterocycles. The molecule has 0 unspecified atom stereocenters. The van der Waals surface area contributed by atoms with Crippen LogP contribution in [0.5, 0.6) is 11.5 Å². The van der Waals surface area contributed by atoms with Crippen molar-refractivity contribution in [3.05, 3.63) is 29.5 Å². The molecule has 1 aliphatic heterocycles. The van der Waals surface area contributed by atoms with E-state index in [0.29, 0.717) is 17.2 Å². The number of allylic oxidation sites excluding steroid dienone is 1. The van der Waals surface area contributed by atoms with Gasteiger partial charge in [-0.1, -0.05) is 0 Å². The number of aliphatic hydroxyl groups is 1. The summed E-state index contributed by atoms with van der Waals surface area (Å²) >= 11 is 0. The number of nitrogens with one attached hydrogen (secondary N) is 1. The molecular formula is C12H10N2O4. The third-order valence-electron chi connectivity index (χ3n) is 2.33. The summed E-state index contributed by atoms with van der Waals surface area (Å²) in [5.41, 5.74) is 0.130. The number of nitrogens with zero attached hydrogens (tertiary/aromatic N) is 1. The highest BCUT2D eigenvalue weighted by Gasteiger charge is 2.16. The fourth-order valence-corrected chi connectivity index (χ4v) is 1.46. The maximum atomic E-state index is 11.7. The van der Waals surface area contributed by atoms with Crippen LogP contribution in [0.2, 0.25) is 0 Å². The second kappa shape index (κ2) is 4.67. The molecule has 18 heavy (non-hydrogen) atoms. The summed E-state index contributed by atoms with van der Waals surface area (Å²) in [7, 11) is 0. The number of ether oxygens (including phenoxy) is 2. The Hall–Kier alpha value is -2.68. The lowest BCUT2D eigenvalue weighted by Gasteiger charge is -2.05. The van der Waals surface area contributed by atoms with Crippen LogP contribution < -0.4 is 14.8 Å². The quantitative estimate of drug-likeness (QED) is 0.471. The highest BCUT2D eigenvalue weighted by atomic mass is 16.7. The van der Waals surface area contributed by atoms with Crippen LogP contribution in [0.4, 0.5) is 5.69 Å². The topological polar surface area (TPSA) is 91.6 Å². The molecule has 0 aromatic heterocycles. The van der Waals surface area contributed by atoms with Gasteiger partial charge in [-0.25, -0.2) is 0 Å². The lowest BCUT2D eigenvalue weighted by atomic mass is 10.2. The average Bonchev–Trinajstić information content (AvgIpc) is 2.76. The number of hydrogen-bond acceptors (Lipinski definition) is 5. The van der Waals surface area contributed by atoms with Crippen molar-refractivity contribution in [2.24, 2.45) is 0 Å². The fraction of sp³-hybridized carbons (Fsp3) is 0.167. The second-order valence-corrected chi connectivity index (χ2v) is 3.59. The summed E-state index contributed by atoms with van der Waals surface area (Å²) in [5, 5.41) is 20.4. The van der Waals surface area contributed by atoms with Gasteiger partial charge in [0, 0.05) is 11.8 Å². The van der Waals surface area contributed by atoms with Crippen LogP contribution in [0.25, 0.3) is 0 Å². The Morgan fingerprint density at radius 2 is 2.17 bits per heavy atom. The van der Waals surface area contributed by atoms with E-state index in [1.807, 2.05) is 0 Å². The maximum absolute atomic E-state index is 11.7. The van der Waals surface area contributed by atoms with Gasteiger partial charge >= 0.3 is 0 Å². The Kier molecular flexibility index (Phi) is 3.06. The number of fused-ring (bicyclic) bond motifs is 1. The molecule has 1 aromatic carbocycles. The van der Waals surface area contributed by atoms with Gasteiger partial charge < -0.3 is 19.9 Å². The Labute approximate surface area is 103 Å². The van der Waals surface area contributed by atoms with Crippen LogP contribution in [-0.2, 0) is 4.79 Å². The van der Waals surface area contributed by atoms with E-state index < -0.39 is 5.91 Å². The molecule has 0 fully saturated rings. The number of rotatable bonds is 2. The minimum atomic E-state index is -0.670. The lowest BCUT2D eigenvalue weighted by molar-refractivity contribution is -0.112. The van der Waals surface area contributed by atoms with Crippen molar-refractivity contribution < 1.29 is 19.4 Å². The van der Waals surface area contributed by atoms with Crippen molar-refractivity contribution >= 4 is 11.6 Å². The molecule has 0 atom stereocenters. The average molecular weight is 246 g/mol. The van der Waals surface area contributed by atoms with Crippen LogP contribution in [0, 0.1) is 11.3 Å². The molecule has 92 valence electrons. The SMILES string of the molecule is CC(O)=C(C#N)C(=O)Nc1ccc2c(c1)OCO2. The van der Waals surface area contributed by atoms with Crippen molar-refractivity contribution in [2.45, 2.75) is 6.92 Å². The first-order chi connectivity index (χ1) is 8.61. The van der Waals surface area contributed by atoms with Gasteiger partial charge in [-0.3, -0.25) is 4.79 Å². The van der Waals surface area contributed by atoms with E-state index in [2.05, 4.69) is 5.32 Å². The Bertz CT molecular complexity index is 568. The summed E-state index contributed by atoms with van der Waals surface area (Å²) in [6.45, 7) is 1.42. The van der Waals surface area contributed by atoms with Gasteiger partial charge in [0.15, 0.2) is 17.1 Å². The van der Waals surface area contributed by atoms with Gasteiger partial charge in [0.2, 0.25) is 6.79 Å². The van der Waals surface area contributed by atoms with Crippen LogP contribution in [0.3, 0.4) is 0 Å². The Balaban J connectivity index is 2.18. The predicted octanol–water partition coefficient (Wildman–Crippen LogP) is 1.71. The molecule has 6 heteroatoms. The van der Waals surface area contributed by atoms with Crippen LogP contribution in [0.1, 0.15) is 6.92 Å². The van der Waals surface area contributed by atoms with Crippen LogP contribution in [0.15, 0.2) is 29.5 Å². The lowest BCUT2D eigenvalue weighted by Crippen LogP contribution is -2.14. The zero-order valence-electron chi connectivity index (χ0n) is 9.56. The molecule has 1 aromatic rings. The van der Waals surface area contributed by atoms with Gasteiger partial charge in [0.25, 0.3) is 5.91 Å². The van der Waals surface area contributed by atoms with E-state index in [4.69, 9.17) is 19.8 Å². The number of hydrogen-bond donors (Lipinski definition) is 2. The van der Waals surface area contributed by atoms with E-state index in [1.54, 1.807) is 24.3 Å². The number of carbonyl (C=O) groups excluding carboxylic acids is 1. The van der Waals surface area contributed by atoms with Gasteiger partial charge in [-0.2, -0.15) is 5.26 Å². The number of aliphatic hydroxyl groups excluding tert-OH is 1. The summed E-state index contributed by atoms with van der Waals surface area (Å²) in [6, 6.07) is 6.49. The number of carbonyl (C=O) groups is 1. The van der Waals surface area contributed by atoms with E-state index >= 15 is 0 Å². The second-order valence-electron chi connectivity index (χ2n) is 3.59. The minimum Gasteiger partial charge on any atom is -0.511 e. The van der Waals surface area contributed by atoms with Gasteiger partial charge in [0.05, 0.1) is 0 Å². The van der Waals surface area contributed by atoms with Crippen molar-refractivity contribution in [3.8, 4) is 17.6 Å². The summed E-state index contributed by atoms with van der Waals surface area (Å²) in [6.07, 6.45) is 0. The predicted molar refractivity (Wildman–Crippen MR) is 62.1 cm³/mol. The zero-order valence-corrected chi connectivity index (χ0v) is 9.56. The normalized spacial score (nSPS) is 13.6. The summed E-state index contributed by atoms with van der Waals surface area (Å²) < 4.78 is 10.3. The molecule has 0 spiro atoms. The molecule has 6 nitrogen and oxygen atoms in total. The first kappa shape index (κ1) is 11.8. The number of benzene rings is 1. The van der Waals surface area contributed by atoms with Crippen molar-refractivity contribution in [1.29, 1.82) is 5.26 Å². The van der Waals surface area contributed by atoms with Crippen LogP contribution >= 0.6 is 0 Å². The van der Waals surface area contributed by atoms with E-state index in [-0.39, 0.29) is 18.1 Å². The van der Waals surface area contributed by atoms with Crippen molar-refractivity contribution in [2.75, 3.05) is 12.1 Å². The standard InChI is InChI=1S/C12H10N2O4/c1-7(15)9(5-13)12(16)14-8-2-3-10-11(4-8)18-6-17-10/h2-4,15H,6H2,1H3,(H,14,16). The van der Waals surface area contributed by atoms with E-state index in [9.17, 15) is 4.79 Å². The molecule has 2 rings (SSSR count). The van der Waals surface area contributed by atoms with Gasteiger partial charge in [0.1, 0.15) is 11.8 Å². The van der Waals surface area contributed by atoms with Crippen LogP contribution in [-0.4, -0.2) is 17.8 Å². The molecule has 0 bridgehead atoms. The monoisotopic (exact) mass is 246 g/mol.